The standard InChI is InChI=1S/C22H24N4O3S/c1-13(2)19(26-20(27)18-6-5-11-29-18)21(28)25-16-7-9-17(10-8-16)30-22-23-14(3)12-15(4)24-22/h5-13,19H,1-4H3,(H,25,28)(H,26,27). The van der Waals surface area contributed by atoms with Gasteiger partial charge in [-0.05, 0) is 74.0 Å². The molecule has 0 aliphatic carbocycles. The Morgan fingerprint density at radius 2 is 1.70 bits per heavy atom. The Hall–Kier alpha value is -3.13. The normalized spacial score (nSPS) is 11.9. The number of aryl methyl sites for hydroxylation is 2. The van der Waals surface area contributed by atoms with Crippen LogP contribution < -0.4 is 10.6 Å². The van der Waals surface area contributed by atoms with E-state index in [0.717, 1.165) is 16.3 Å². The number of carbonyl (C=O) groups excluding carboxylic acids is 2. The van der Waals surface area contributed by atoms with E-state index in [4.69, 9.17) is 4.42 Å². The summed E-state index contributed by atoms with van der Waals surface area (Å²) in [5.74, 6) is -0.638. The number of aromatic nitrogens is 2. The van der Waals surface area contributed by atoms with Crippen LogP contribution in [0.3, 0.4) is 0 Å². The molecule has 0 saturated heterocycles. The van der Waals surface area contributed by atoms with E-state index < -0.39 is 11.9 Å². The second-order valence-corrected chi connectivity index (χ2v) is 8.26. The number of hydrogen-bond acceptors (Lipinski definition) is 6. The van der Waals surface area contributed by atoms with Gasteiger partial charge >= 0.3 is 0 Å². The summed E-state index contributed by atoms with van der Waals surface area (Å²) in [6.07, 6.45) is 1.42. The molecule has 0 saturated carbocycles. The summed E-state index contributed by atoms with van der Waals surface area (Å²) in [5, 5.41) is 6.27. The van der Waals surface area contributed by atoms with E-state index in [9.17, 15) is 9.59 Å². The van der Waals surface area contributed by atoms with Crippen LogP contribution in [0.4, 0.5) is 5.69 Å². The molecule has 1 aromatic carbocycles. The maximum absolute atomic E-state index is 12.7. The fraction of sp³-hybridized carbons (Fsp3) is 0.273. The van der Waals surface area contributed by atoms with E-state index in [-0.39, 0.29) is 17.6 Å². The van der Waals surface area contributed by atoms with Crippen molar-refractivity contribution >= 4 is 29.3 Å². The number of nitrogens with zero attached hydrogens (tertiary/aromatic N) is 2. The average Bonchev–Trinajstić information content (AvgIpc) is 3.21. The molecule has 3 rings (SSSR count). The first kappa shape index (κ1) is 21.6. The molecule has 156 valence electrons. The molecule has 2 amide bonds. The Morgan fingerprint density at radius 1 is 1.03 bits per heavy atom. The van der Waals surface area contributed by atoms with Gasteiger partial charge in [-0.15, -0.1) is 0 Å². The van der Waals surface area contributed by atoms with Gasteiger partial charge in [-0.3, -0.25) is 9.59 Å². The molecule has 8 heteroatoms. The molecule has 1 atom stereocenters. The van der Waals surface area contributed by atoms with Gasteiger partial charge in [0.1, 0.15) is 6.04 Å². The van der Waals surface area contributed by atoms with Crippen LogP contribution in [0.25, 0.3) is 0 Å². The highest BCUT2D eigenvalue weighted by molar-refractivity contribution is 7.99. The van der Waals surface area contributed by atoms with Crippen LogP contribution >= 0.6 is 11.8 Å². The van der Waals surface area contributed by atoms with Crippen LogP contribution in [0, 0.1) is 19.8 Å². The monoisotopic (exact) mass is 424 g/mol. The van der Waals surface area contributed by atoms with Crippen LogP contribution in [0.1, 0.15) is 35.8 Å². The predicted octanol–water partition coefficient (Wildman–Crippen LogP) is 4.23. The highest BCUT2D eigenvalue weighted by Gasteiger charge is 2.25. The van der Waals surface area contributed by atoms with Gasteiger partial charge < -0.3 is 15.1 Å². The van der Waals surface area contributed by atoms with Crippen LogP contribution in [-0.2, 0) is 4.79 Å². The molecule has 0 aliphatic heterocycles. The van der Waals surface area contributed by atoms with Gasteiger partial charge in [-0.1, -0.05) is 13.8 Å². The molecule has 2 aromatic heterocycles. The topological polar surface area (TPSA) is 97.1 Å². The quantitative estimate of drug-likeness (QED) is 0.551. The number of carbonyl (C=O) groups is 2. The van der Waals surface area contributed by atoms with E-state index in [2.05, 4.69) is 20.6 Å². The van der Waals surface area contributed by atoms with Gasteiger partial charge in [0, 0.05) is 22.0 Å². The van der Waals surface area contributed by atoms with Crippen molar-refractivity contribution in [3.8, 4) is 0 Å². The maximum Gasteiger partial charge on any atom is 0.287 e. The average molecular weight is 425 g/mol. The van der Waals surface area contributed by atoms with Gasteiger partial charge in [0.15, 0.2) is 10.9 Å². The molecule has 7 nitrogen and oxygen atoms in total. The summed E-state index contributed by atoms with van der Waals surface area (Å²) in [7, 11) is 0. The summed E-state index contributed by atoms with van der Waals surface area (Å²) in [5.41, 5.74) is 2.49. The Kier molecular flexibility index (Phi) is 6.89. The zero-order valence-electron chi connectivity index (χ0n) is 17.3. The van der Waals surface area contributed by atoms with Crippen LogP contribution in [-0.4, -0.2) is 27.8 Å². The molecule has 2 heterocycles. The van der Waals surface area contributed by atoms with Gasteiger partial charge in [0.05, 0.1) is 6.26 Å². The summed E-state index contributed by atoms with van der Waals surface area (Å²) in [6.45, 7) is 7.62. The first-order valence-electron chi connectivity index (χ1n) is 9.57. The second kappa shape index (κ2) is 9.58. The van der Waals surface area contributed by atoms with Gasteiger partial charge in [-0.25, -0.2) is 9.97 Å². The second-order valence-electron chi connectivity index (χ2n) is 7.22. The van der Waals surface area contributed by atoms with E-state index >= 15 is 0 Å². The van der Waals surface area contributed by atoms with Crippen molar-refractivity contribution in [3.05, 3.63) is 65.9 Å². The molecule has 0 aliphatic rings. The number of anilines is 1. The lowest BCUT2D eigenvalue weighted by Gasteiger charge is -2.21. The van der Waals surface area contributed by atoms with Crippen molar-refractivity contribution in [3.63, 3.8) is 0 Å². The number of rotatable bonds is 7. The molecule has 1 unspecified atom stereocenters. The van der Waals surface area contributed by atoms with Crippen LogP contribution in [0.2, 0.25) is 0 Å². The predicted molar refractivity (Wildman–Crippen MR) is 116 cm³/mol. The fourth-order valence-corrected chi connectivity index (χ4v) is 3.69. The van der Waals surface area contributed by atoms with Crippen molar-refractivity contribution in [2.75, 3.05) is 5.32 Å². The minimum absolute atomic E-state index is 0.0968. The minimum Gasteiger partial charge on any atom is -0.459 e. The number of amides is 2. The lowest BCUT2D eigenvalue weighted by atomic mass is 10.0. The third kappa shape index (κ3) is 5.70. The summed E-state index contributed by atoms with van der Waals surface area (Å²) >= 11 is 1.46. The first-order valence-corrected chi connectivity index (χ1v) is 10.4. The van der Waals surface area contributed by atoms with Crippen LogP contribution in [0.15, 0.2) is 63.2 Å². The lowest BCUT2D eigenvalue weighted by Crippen LogP contribution is -2.47. The molecular weight excluding hydrogens is 400 g/mol. The number of furan rings is 1. The van der Waals surface area contributed by atoms with Gasteiger partial charge in [-0.2, -0.15) is 0 Å². The van der Waals surface area contributed by atoms with Crippen molar-refractivity contribution in [2.45, 2.75) is 43.8 Å². The Morgan fingerprint density at radius 3 is 2.27 bits per heavy atom. The Bertz CT molecular complexity index is 997. The molecular formula is C22H24N4O3S. The van der Waals surface area contributed by atoms with Gasteiger partial charge in [0.2, 0.25) is 5.91 Å². The molecule has 0 radical (unpaired) electrons. The highest BCUT2D eigenvalue weighted by atomic mass is 32.2. The summed E-state index contributed by atoms with van der Waals surface area (Å²) in [6, 6.07) is 11.8. The van der Waals surface area contributed by atoms with Crippen molar-refractivity contribution < 1.29 is 14.0 Å². The van der Waals surface area contributed by atoms with E-state index in [1.807, 2.05) is 58.0 Å². The molecule has 2 N–H and O–H groups in total. The van der Waals surface area contributed by atoms with E-state index in [1.54, 1.807) is 12.1 Å². The number of hydrogen-bond donors (Lipinski definition) is 2. The lowest BCUT2D eigenvalue weighted by molar-refractivity contribution is -0.118. The number of nitrogens with one attached hydrogen (secondary N) is 2. The van der Waals surface area contributed by atoms with Gasteiger partial charge in [0.25, 0.3) is 5.91 Å². The van der Waals surface area contributed by atoms with Crippen LogP contribution in [0.5, 0.6) is 0 Å². The maximum atomic E-state index is 12.7. The number of benzene rings is 1. The minimum atomic E-state index is -0.694. The smallest absolute Gasteiger partial charge is 0.287 e. The largest absolute Gasteiger partial charge is 0.459 e. The zero-order chi connectivity index (χ0) is 21.7. The third-order valence-electron chi connectivity index (χ3n) is 4.27. The summed E-state index contributed by atoms with van der Waals surface area (Å²) in [4.78, 5) is 34.8. The third-order valence-corrected chi connectivity index (χ3v) is 5.15. The van der Waals surface area contributed by atoms with E-state index in [0.29, 0.717) is 10.8 Å². The fourth-order valence-electron chi connectivity index (χ4n) is 2.83. The molecule has 3 aromatic rings. The first-order chi connectivity index (χ1) is 14.3. The Balaban J connectivity index is 1.64. The van der Waals surface area contributed by atoms with E-state index in [1.165, 1.54) is 18.0 Å². The summed E-state index contributed by atoms with van der Waals surface area (Å²) < 4.78 is 5.09. The molecule has 0 fully saturated rings. The van der Waals surface area contributed by atoms with Crippen molar-refractivity contribution in [1.29, 1.82) is 0 Å². The Labute approximate surface area is 179 Å². The van der Waals surface area contributed by atoms with Crippen molar-refractivity contribution in [2.24, 2.45) is 5.92 Å². The molecule has 0 spiro atoms. The zero-order valence-corrected chi connectivity index (χ0v) is 18.1. The highest BCUT2D eigenvalue weighted by Crippen LogP contribution is 2.26. The van der Waals surface area contributed by atoms with Crippen molar-refractivity contribution in [1.82, 2.24) is 15.3 Å². The molecule has 30 heavy (non-hydrogen) atoms. The SMILES string of the molecule is Cc1cc(C)nc(Sc2ccc(NC(=O)C(NC(=O)c3ccco3)C(C)C)cc2)n1. The molecule has 0 bridgehead atoms.